The second-order valence-corrected chi connectivity index (χ2v) is 6.17. The quantitative estimate of drug-likeness (QED) is 0.848. The third-order valence-electron chi connectivity index (χ3n) is 3.51. The second kappa shape index (κ2) is 6.98. The highest BCUT2D eigenvalue weighted by Crippen LogP contribution is 2.38. The van der Waals surface area contributed by atoms with Gasteiger partial charge in [-0.15, -0.1) is 11.8 Å². The van der Waals surface area contributed by atoms with Crippen LogP contribution < -0.4 is 4.90 Å². The summed E-state index contributed by atoms with van der Waals surface area (Å²) in [5.74, 6) is -1.22. The average molecular weight is 343 g/mol. The van der Waals surface area contributed by atoms with Crippen molar-refractivity contribution in [2.75, 3.05) is 17.3 Å². The first-order valence-corrected chi connectivity index (χ1v) is 8.29. The molecule has 0 aromatic heterocycles. The van der Waals surface area contributed by atoms with E-state index in [0.717, 1.165) is 22.7 Å². The van der Waals surface area contributed by atoms with Crippen LogP contribution in [-0.4, -0.2) is 29.3 Å². The third-order valence-corrected chi connectivity index (χ3v) is 4.56. The van der Waals surface area contributed by atoms with Crippen molar-refractivity contribution >= 4 is 34.8 Å². The molecule has 2 aromatic rings. The van der Waals surface area contributed by atoms with E-state index in [4.69, 9.17) is 5.11 Å². The number of rotatable bonds is 5. The Morgan fingerprint density at radius 1 is 1.00 bits per heavy atom. The van der Waals surface area contributed by atoms with E-state index in [1.165, 1.54) is 18.2 Å². The summed E-state index contributed by atoms with van der Waals surface area (Å²) in [6.07, 6.45) is 0. The number of carbonyl (C=O) groups excluding carboxylic acids is 2. The molecular formula is C18H14FNO3S. The van der Waals surface area contributed by atoms with Crippen molar-refractivity contribution in [1.29, 1.82) is 0 Å². The highest BCUT2D eigenvalue weighted by Gasteiger charge is 2.40. The van der Waals surface area contributed by atoms with Crippen molar-refractivity contribution in [2.24, 2.45) is 0 Å². The number of carbonyl (C=O) groups is 2. The lowest BCUT2D eigenvalue weighted by Crippen LogP contribution is -2.31. The smallest absolute Gasteiger partial charge is 0.272 e. The fourth-order valence-corrected chi connectivity index (χ4v) is 3.36. The molecule has 4 nitrogen and oxygen atoms in total. The predicted molar refractivity (Wildman–Crippen MR) is 91.8 cm³/mol. The Balaban J connectivity index is 2.07. The zero-order valence-electron chi connectivity index (χ0n) is 12.6. The molecule has 1 N–H and O–H groups in total. The van der Waals surface area contributed by atoms with Gasteiger partial charge in [0.25, 0.3) is 11.8 Å². The molecule has 0 saturated heterocycles. The Morgan fingerprint density at radius 3 is 2.42 bits per heavy atom. The van der Waals surface area contributed by atoms with Gasteiger partial charge in [-0.1, -0.05) is 36.4 Å². The molecular weight excluding hydrogens is 329 g/mol. The average Bonchev–Trinajstić information content (AvgIpc) is 2.84. The molecule has 0 saturated carbocycles. The molecule has 24 heavy (non-hydrogen) atoms. The zero-order valence-corrected chi connectivity index (χ0v) is 13.4. The van der Waals surface area contributed by atoms with Crippen LogP contribution in [0.5, 0.6) is 0 Å². The number of aliphatic hydroxyl groups excluding tert-OH is 1. The normalized spacial score (nSPS) is 14.7. The summed E-state index contributed by atoms with van der Waals surface area (Å²) in [6.45, 7) is -0.113. The summed E-state index contributed by atoms with van der Waals surface area (Å²) < 4.78 is 13.5. The van der Waals surface area contributed by atoms with Crippen molar-refractivity contribution in [2.45, 2.75) is 0 Å². The van der Waals surface area contributed by atoms with Crippen LogP contribution in [0.1, 0.15) is 5.56 Å². The number of imide groups is 1. The molecule has 0 atom stereocenters. The maximum Gasteiger partial charge on any atom is 0.272 e. The first-order valence-electron chi connectivity index (χ1n) is 7.31. The minimum absolute atomic E-state index is 0.113. The van der Waals surface area contributed by atoms with Crippen LogP contribution in [0.2, 0.25) is 0 Å². The van der Waals surface area contributed by atoms with Gasteiger partial charge in [-0.2, -0.15) is 0 Å². The van der Waals surface area contributed by atoms with Gasteiger partial charge in [0.15, 0.2) is 0 Å². The number of thioether (sulfide) groups is 1. The molecule has 1 aliphatic heterocycles. The molecule has 0 spiro atoms. The van der Waals surface area contributed by atoms with E-state index in [-0.39, 0.29) is 22.8 Å². The van der Waals surface area contributed by atoms with Gasteiger partial charge in [-0.05, 0) is 23.8 Å². The molecule has 0 fully saturated rings. The molecule has 1 heterocycles. The molecule has 2 aromatic carbocycles. The van der Waals surface area contributed by atoms with Gasteiger partial charge in [-0.3, -0.25) is 9.59 Å². The Bertz CT molecular complexity index is 820. The highest BCUT2D eigenvalue weighted by molar-refractivity contribution is 8.04. The SMILES string of the molecule is O=C1C(SCCO)=C(c2ccccc2)C(=O)N1c1cccc(F)c1. The summed E-state index contributed by atoms with van der Waals surface area (Å²) in [4.78, 5) is 26.8. The Kier molecular flexibility index (Phi) is 4.78. The minimum Gasteiger partial charge on any atom is -0.396 e. The lowest BCUT2D eigenvalue weighted by molar-refractivity contribution is -0.119. The number of hydrogen-bond acceptors (Lipinski definition) is 4. The Morgan fingerprint density at radius 2 is 1.75 bits per heavy atom. The van der Waals surface area contributed by atoms with Crippen molar-refractivity contribution in [1.82, 2.24) is 0 Å². The second-order valence-electron chi connectivity index (χ2n) is 5.07. The van der Waals surface area contributed by atoms with Crippen LogP contribution >= 0.6 is 11.8 Å². The lowest BCUT2D eigenvalue weighted by atomic mass is 10.1. The lowest BCUT2D eigenvalue weighted by Gasteiger charge is -2.15. The van der Waals surface area contributed by atoms with Crippen molar-refractivity contribution < 1.29 is 19.1 Å². The molecule has 3 rings (SSSR count). The van der Waals surface area contributed by atoms with Crippen molar-refractivity contribution in [3.63, 3.8) is 0 Å². The maximum atomic E-state index is 13.5. The molecule has 122 valence electrons. The third kappa shape index (κ3) is 2.98. The number of benzene rings is 2. The molecule has 2 amide bonds. The Hall–Kier alpha value is -2.44. The van der Waals surface area contributed by atoms with Gasteiger partial charge in [0.05, 0.1) is 22.8 Å². The fraction of sp³-hybridized carbons (Fsp3) is 0.111. The summed E-state index contributed by atoms with van der Waals surface area (Å²) >= 11 is 1.13. The van der Waals surface area contributed by atoms with Gasteiger partial charge in [0.1, 0.15) is 5.82 Å². The molecule has 0 aliphatic carbocycles. The van der Waals surface area contributed by atoms with Crippen LogP contribution in [0, 0.1) is 5.82 Å². The van der Waals surface area contributed by atoms with E-state index in [1.807, 2.05) is 6.07 Å². The molecule has 1 aliphatic rings. The highest BCUT2D eigenvalue weighted by atomic mass is 32.2. The zero-order chi connectivity index (χ0) is 17.1. The van der Waals surface area contributed by atoms with E-state index in [2.05, 4.69) is 0 Å². The van der Waals surface area contributed by atoms with E-state index in [9.17, 15) is 14.0 Å². The van der Waals surface area contributed by atoms with Crippen molar-refractivity contribution in [3.05, 3.63) is 70.9 Å². The van der Waals surface area contributed by atoms with Gasteiger partial charge in [0, 0.05) is 5.75 Å². The topological polar surface area (TPSA) is 57.6 Å². The van der Waals surface area contributed by atoms with Crippen LogP contribution in [0.25, 0.3) is 5.57 Å². The van der Waals surface area contributed by atoms with Crippen LogP contribution in [0.15, 0.2) is 59.5 Å². The number of amides is 2. The molecule has 6 heteroatoms. The van der Waals surface area contributed by atoms with Crippen LogP contribution in [0.3, 0.4) is 0 Å². The van der Waals surface area contributed by atoms with Crippen LogP contribution in [-0.2, 0) is 9.59 Å². The van der Waals surface area contributed by atoms with E-state index >= 15 is 0 Å². The van der Waals surface area contributed by atoms with E-state index in [0.29, 0.717) is 11.3 Å². The number of nitrogens with zero attached hydrogens (tertiary/aromatic N) is 1. The Labute approximate surface area is 142 Å². The monoisotopic (exact) mass is 343 g/mol. The number of anilines is 1. The summed E-state index contributed by atoms with van der Waals surface area (Å²) in [5, 5.41) is 9.05. The largest absolute Gasteiger partial charge is 0.396 e. The minimum atomic E-state index is -0.522. The van der Waals surface area contributed by atoms with Gasteiger partial charge >= 0.3 is 0 Å². The number of halogens is 1. The summed E-state index contributed by atoms with van der Waals surface area (Å²) in [7, 11) is 0. The number of aliphatic hydroxyl groups is 1. The van der Waals surface area contributed by atoms with Crippen LogP contribution in [0.4, 0.5) is 10.1 Å². The first-order chi connectivity index (χ1) is 11.6. The van der Waals surface area contributed by atoms with Gasteiger partial charge in [-0.25, -0.2) is 9.29 Å². The van der Waals surface area contributed by atoms with Gasteiger partial charge < -0.3 is 5.11 Å². The van der Waals surface area contributed by atoms with E-state index < -0.39 is 17.6 Å². The standard InChI is InChI=1S/C18H14FNO3S/c19-13-7-4-8-14(11-13)20-17(22)15(12-5-2-1-3-6-12)16(18(20)23)24-10-9-21/h1-8,11,21H,9-10H2. The number of hydrogen-bond donors (Lipinski definition) is 1. The first kappa shape index (κ1) is 16.4. The summed E-state index contributed by atoms with van der Waals surface area (Å²) in [6, 6.07) is 14.2. The molecule has 0 bridgehead atoms. The predicted octanol–water partition coefficient (Wildman–Crippen LogP) is 2.84. The van der Waals surface area contributed by atoms with Gasteiger partial charge in [0.2, 0.25) is 0 Å². The fourth-order valence-electron chi connectivity index (χ4n) is 2.50. The summed E-state index contributed by atoms with van der Waals surface area (Å²) in [5.41, 5.74) is 1.09. The maximum absolute atomic E-state index is 13.5. The molecule has 0 unspecified atom stereocenters. The van der Waals surface area contributed by atoms with E-state index in [1.54, 1.807) is 24.3 Å². The molecule has 0 radical (unpaired) electrons. The van der Waals surface area contributed by atoms with Crippen molar-refractivity contribution in [3.8, 4) is 0 Å².